The van der Waals surface area contributed by atoms with Gasteiger partial charge in [-0.25, -0.2) is 0 Å². The molecule has 2 aromatic carbocycles. The molecule has 2 aliphatic heterocycles. The van der Waals surface area contributed by atoms with E-state index >= 15 is 0 Å². The molecule has 0 radical (unpaired) electrons. The minimum atomic E-state index is -0.581. The first-order valence-corrected chi connectivity index (χ1v) is 15.6. The van der Waals surface area contributed by atoms with Crippen molar-refractivity contribution in [2.45, 2.75) is 93.6 Å². The lowest BCUT2D eigenvalue weighted by atomic mass is 9.53. The van der Waals surface area contributed by atoms with Crippen LogP contribution in [-0.4, -0.2) is 34.2 Å². The standard InChI is InChI=1S/C32H37N3O3S/c1-19-9-20(5-6-24(19)16-33-32-13-21-10-22(14-32)12-23(11-21)15-32)18-39-28-4-2-3-25-26(28)17-35(31(25)38)27-7-8-29(36)34-30(27)37/h2-6,9,21-23,27,33H,7-8,10-18H2,1H3,(H,34,36,37). The molecule has 1 unspecified atom stereocenters. The number of carbonyl (C=O) groups excluding carboxylic acids is 3. The zero-order valence-corrected chi connectivity index (χ0v) is 23.4. The monoisotopic (exact) mass is 543 g/mol. The number of imide groups is 1. The first-order chi connectivity index (χ1) is 18.9. The highest BCUT2D eigenvalue weighted by Gasteiger charge is 2.50. The molecule has 1 atom stereocenters. The lowest BCUT2D eigenvalue weighted by Crippen LogP contribution is -2.58. The molecule has 5 fully saturated rings. The first-order valence-electron chi connectivity index (χ1n) is 14.6. The van der Waals surface area contributed by atoms with Crippen LogP contribution in [0.3, 0.4) is 0 Å². The third-order valence-electron chi connectivity index (χ3n) is 10.0. The van der Waals surface area contributed by atoms with Crippen LogP contribution < -0.4 is 10.6 Å². The maximum Gasteiger partial charge on any atom is 0.255 e. The second-order valence-corrected chi connectivity index (χ2v) is 13.8. The summed E-state index contributed by atoms with van der Waals surface area (Å²) in [6.07, 6.45) is 9.19. The van der Waals surface area contributed by atoms with Gasteiger partial charge in [0, 0.05) is 41.3 Å². The second kappa shape index (κ2) is 9.77. The van der Waals surface area contributed by atoms with Gasteiger partial charge < -0.3 is 10.2 Å². The Morgan fingerprint density at radius 2 is 1.77 bits per heavy atom. The van der Waals surface area contributed by atoms with Crippen molar-refractivity contribution < 1.29 is 14.4 Å². The molecule has 4 saturated carbocycles. The van der Waals surface area contributed by atoms with Crippen molar-refractivity contribution in [2.75, 3.05) is 0 Å². The molecule has 3 amide bonds. The smallest absolute Gasteiger partial charge is 0.255 e. The van der Waals surface area contributed by atoms with Gasteiger partial charge in [0.2, 0.25) is 11.8 Å². The van der Waals surface area contributed by atoms with E-state index in [9.17, 15) is 14.4 Å². The second-order valence-electron chi connectivity index (χ2n) is 12.8. The molecule has 6 aliphatic rings. The summed E-state index contributed by atoms with van der Waals surface area (Å²) < 4.78 is 0. The summed E-state index contributed by atoms with van der Waals surface area (Å²) >= 11 is 1.75. The van der Waals surface area contributed by atoms with Crippen molar-refractivity contribution in [3.05, 3.63) is 64.2 Å². The van der Waals surface area contributed by atoms with Crippen molar-refractivity contribution in [1.29, 1.82) is 0 Å². The number of hydrogen-bond donors (Lipinski definition) is 2. The van der Waals surface area contributed by atoms with Crippen LogP contribution in [-0.2, 0) is 28.4 Å². The third-order valence-corrected chi connectivity index (χ3v) is 11.2. The Hall–Kier alpha value is -2.64. The number of fused-ring (bicyclic) bond motifs is 1. The summed E-state index contributed by atoms with van der Waals surface area (Å²) in [5.74, 6) is 2.94. The van der Waals surface area contributed by atoms with Gasteiger partial charge in [0.25, 0.3) is 5.91 Å². The number of hydrogen-bond acceptors (Lipinski definition) is 5. The lowest BCUT2D eigenvalue weighted by Gasteiger charge is -2.57. The molecule has 2 aromatic rings. The van der Waals surface area contributed by atoms with Crippen molar-refractivity contribution in [2.24, 2.45) is 17.8 Å². The molecular formula is C32H37N3O3S. The molecule has 2 heterocycles. The van der Waals surface area contributed by atoms with Crippen LogP contribution >= 0.6 is 11.8 Å². The number of aryl methyl sites for hydroxylation is 1. The van der Waals surface area contributed by atoms with Gasteiger partial charge in [0.15, 0.2) is 0 Å². The van der Waals surface area contributed by atoms with E-state index in [4.69, 9.17) is 0 Å². The number of nitrogens with zero attached hydrogens (tertiary/aromatic N) is 1. The average Bonchev–Trinajstić information content (AvgIpc) is 3.23. The van der Waals surface area contributed by atoms with Gasteiger partial charge in [-0.15, -0.1) is 11.8 Å². The van der Waals surface area contributed by atoms with Crippen LogP contribution in [0.2, 0.25) is 0 Å². The van der Waals surface area contributed by atoms with Crippen LogP contribution in [0.15, 0.2) is 41.3 Å². The highest BCUT2D eigenvalue weighted by atomic mass is 32.2. The van der Waals surface area contributed by atoms with Crippen molar-refractivity contribution in [3.8, 4) is 0 Å². The van der Waals surface area contributed by atoms with Crippen LogP contribution in [0.5, 0.6) is 0 Å². The molecule has 204 valence electrons. The fourth-order valence-corrected chi connectivity index (χ4v) is 9.53. The van der Waals surface area contributed by atoms with Gasteiger partial charge in [0.1, 0.15) is 6.04 Å². The molecule has 39 heavy (non-hydrogen) atoms. The summed E-state index contributed by atoms with van der Waals surface area (Å²) in [4.78, 5) is 39.8. The summed E-state index contributed by atoms with van der Waals surface area (Å²) in [5, 5.41) is 6.43. The molecule has 6 nitrogen and oxygen atoms in total. The summed E-state index contributed by atoms with van der Waals surface area (Å²) in [6, 6.07) is 12.1. The Bertz CT molecular complexity index is 1320. The zero-order valence-electron chi connectivity index (χ0n) is 22.6. The van der Waals surface area contributed by atoms with Gasteiger partial charge in [-0.2, -0.15) is 0 Å². The Balaban J connectivity index is 0.997. The molecule has 1 saturated heterocycles. The molecule has 0 spiro atoms. The third kappa shape index (κ3) is 4.71. The number of rotatable bonds is 7. The minimum absolute atomic E-state index is 0.117. The molecular weight excluding hydrogens is 506 g/mol. The number of amides is 3. The number of benzene rings is 2. The van der Waals surface area contributed by atoms with Crippen LogP contribution in [0.25, 0.3) is 0 Å². The van der Waals surface area contributed by atoms with Gasteiger partial charge in [-0.3, -0.25) is 19.7 Å². The average molecular weight is 544 g/mol. The van der Waals surface area contributed by atoms with E-state index < -0.39 is 6.04 Å². The maximum absolute atomic E-state index is 13.1. The van der Waals surface area contributed by atoms with Crippen LogP contribution in [0, 0.1) is 24.7 Å². The number of thioether (sulfide) groups is 1. The van der Waals surface area contributed by atoms with Gasteiger partial charge in [-0.05, 0) is 104 Å². The largest absolute Gasteiger partial charge is 0.322 e. The van der Waals surface area contributed by atoms with E-state index in [1.165, 1.54) is 55.2 Å². The van der Waals surface area contributed by atoms with Crippen molar-refractivity contribution >= 4 is 29.5 Å². The van der Waals surface area contributed by atoms with Crippen LogP contribution in [0.1, 0.15) is 84.0 Å². The number of piperidine rings is 1. The van der Waals surface area contributed by atoms with Gasteiger partial charge in [-0.1, -0.05) is 24.3 Å². The topological polar surface area (TPSA) is 78.5 Å². The molecule has 7 heteroatoms. The summed E-state index contributed by atoms with van der Waals surface area (Å²) in [7, 11) is 0. The summed E-state index contributed by atoms with van der Waals surface area (Å²) in [6.45, 7) is 3.59. The highest BCUT2D eigenvalue weighted by Crippen LogP contribution is 2.55. The Labute approximate surface area is 234 Å². The van der Waals surface area contributed by atoms with Crippen molar-refractivity contribution in [3.63, 3.8) is 0 Å². The van der Waals surface area contributed by atoms with Crippen molar-refractivity contribution in [1.82, 2.24) is 15.5 Å². The van der Waals surface area contributed by atoms with E-state index in [0.29, 0.717) is 24.1 Å². The molecule has 0 aromatic heterocycles. The van der Waals surface area contributed by atoms with Gasteiger partial charge in [0.05, 0.1) is 0 Å². The SMILES string of the molecule is Cc1cc(CSc2cccc3c2CN(C2CCC(=O)NC2=O)C3=O)ccc1CNC12CC3CC(CC(C3)C1)C2. The zero-order chi connectivity index (χ0) is 26.7. The molecule has 2 N–H and O–H groups in total. The predicted molar refractivity (Wildman–Crippen MR) is 151 cm³/mol. The van der Waals surface area contributed by atoms with E-state index in [0.717, 1.165) is 40.5 Å². The fraction of sp³-hybridized carbons (Fsp3) is 0.531. The lowest BCUT2D eigenvalue weighted by molar-refractivity contribution is -0.136. The minimum Gasteiger partial charge on any atom is -0.322 e. The molecule has 4 bridgehead atoms. The Morgan fingerprint density at radius 1 is 1.03 bits per heavy atom. The quantitative estimate of drug-likeness (QED) is 0.375. The number of nitrogens with one attached hydrogen (secondary N) is 2. The van der Waals surface area contributed by atoms with Gasteiger partial charge >= 0.3 is 0 Å². The summed E-state index contributed by atoms with van der Waals surface area (Å²) in [5.41, 5.74) is 6.05. The number of carbonyl (C=O) groups is 3. The predicted octanol–water partition coefficient (Wildman–Crippen LogP) is 5.11. The van der Waals surface area contributed by atoms with E-state index in [1.807, 2.05) is 12.1 Å². The van der Waals surface area contributed by atoms with E-state index in [2.05, 4.69) is 41.8 Å². The normalized spacial score (nSPS) is 31.1. The highest BCUT2D eigenvalue weighted by molar-refractivity contribution is 7.98. The van der Waals surface area contributed by atoms with Crippen LogP contribution in [0.4, 0.5) is 0 Å². The maximum atomic E-state index is 13.1. The molecule has 8 rings (SSSR count). The Kier molecular flexibility index (Phi) is 6.35. The fourth-order valence-electron chi connectivity index (χ4n) is 8.51. The first kappa shape index (κ1) is 25.3. The molecule has 4 aliphatic carbocycles. The van der Waals surface area contributed by atoms with E-state index in [1.54, 1.807) is 16.7 Å². The Morgan fingerprint density at radius 3 is 2.46 bits per heavy atom. The van der Waals surface area contributed by atoms with E-state index in [-0.39, 0.29) is 24.1 Å².